The van der Waals surface area contributed by atoms with Crippen LogP contribution in [0.1, 0.15) is 57.4 Å². The van der Waals surface area contributed by atoms with E-state index in [2.05, 4.69) is 15.8 Å². The number of methoxy groups -OCH3 is 1. The van der Waals surface area contributed by atoms with Crippen LogP contribution in [0.15, 0.2) is 59.1 Å². The summed E-state index contributed by atoms with van der Waals surface area (Å²) in [5, 5.41) is 9.74. The molecular formula is C28H33ClN4O5. The molecule has 0 unspecified atom stereocenters. The summed E-state index contributed by atoms with van der Waals surface area (Å²) in [6, 6.07) is 14.2. The first-order chi connectivity index (χ1) is 18.0. The molecule has 2 aromatic carbocycles. The van der Waals surface area contributed by atoms with Gasteiger partial charge in [-0.15, -0.1) is 0 Å². The van der Waals surface area contributed by atoms with Crippen molar-refractivity contribution in [3.63, 3.8) is 0 Å². The van der Waals surface area contributed by atoms with E-state index in [9.17, 15) is 14.4 Å². The number of ether oxygens (including phenoxy) is 1. The van der Waals surface area contributed by atoms with Gasteiger partial charge in [-0.25, -0.2) is 0 Å². The lowest BCUT2D eigenvalue weighted by molar-refractivity contribution is -0.128. The lowest BCUT2D eigenvalue weighted by Gasteiger charge is -2.35. The van der Waals surface area contributed by atoms with Crippen molar-refractivity contribution >= 4 is 40.8 Å². The number of anilines is 2. The first-order valence-electron chi connectivity index (χ1n) is 12.3. The van der Waals surface area contributed by atoms with Gasteiger partial charge in [0, 0.05) is 40.7 Å². The van der Waals surface area contributed by atoms with Crippen LogP contribution < -0.4 is 20.3 Å². The minimum atomic E-state index is -1.09. The lowest BCUT2D eigenvalue weighted by atomic mass is 9.98. The predicted molar refractivity (Wildman–Crippen MR) is 146 cm³/mol. The van der Waals surface area contributed by atoms with Crippen LogP contribution in [0.2, 0.25) is 5.02 Å². The van der Waals surface area contributed by atoms with E-state index in [4.69, 9.17) is 20.9 Å². The average molecular weight is 541 g/mol. The highest BCUT2D eigenvalue weighted by atomic mass is 35.5. The molecule has 0 fully saturated rings. The van der Waals surface area contributed by atoms with Crippen LogP contribution in [-0.2, 0) is 14.4 Å². The quantitative estimate of drug-likeness (QED) is 0.334. The maximum atomic E-state index is 13.8. The molecule has 3 rings (SSSR count). The molecule has 0 aliphatic rings. The number of carbonyl (C=O) groups excluding carboxylic acids is 3. The zero-order chi connectivity index (χ0) is 27.9. The van der Waals surface area contributed by atoms with Crippen molar-refractivity contribution in [1.29, 1.82) is 0 Å². The van der Waals surface area contributed by atoms with Gasteiger partial charge in [0.2, 0.25) is 17.7 Å². The number of nitrogens with zero attached hydrogens (tertiary/aromatic N) is 2. The van der Waals surface area contributed by atoms with E-state index in [-0.39, 0.29) is 18.7 Å². The van der Waals surface area contributed by atoms with E-state index in [1.807, 2.05) is 20.8 Å². The molecule has 0 saturated carbocycles. The zero-order valence-corrected chi connectivity index (χ0v) is 23.0. The summed E-state index contributed by atoms with van der Waals surface area (Å²) in [6.45, 7) is 7.49. The van der Waals surface area contributed by atoms with Crippen molar-refractivity contribution < 1.29 is 23.6 Å². The van der Waals surface area contributed by atoms with Crippen molar-refractivity contribution in [3.8, 4) is 5.75 Å². The van der Waals surface area contributed by atoms with Gasteiger partial charge < -0.3 is 19.9 Å². The van der Waals surface area contributed by atoms with Gasteiger partial charge in [0.1, 0.15) is 17.6 Å². The molecule has 38 heavy (non-hydrogen) atoms. The normalized spacial score (nSPS) is 11.9. The second-order valence-electron chi connectivity index (χ2n) is 9.48. The Labute approximate surface area is 227 Å². The fourth-order valence-corrected chi connectivity index (χ4v) is 3.98. The molecule has 0 aliphatic carbocycles. The molecule has 10 heteroatoms. The summed E-state index contributed by atoms with van der Waals surface area (Å²) in [5.74, 6) is 0.168. The summed E-state index contributed by atoms with van der Waals surface area (Å²) in [7, 11) is 1.54. The van der Waals surface area contributed by atoms with Gasteiger partial charge >= 0.3 is 0 Å². The van der Waals surface area contributed by atoms with Crippen LogP contribution in [-0.4, -0.2) is 35.5 Å². The number of rotatable bonds is 11. The maximum Gasteiger partial charge on any atom is 0.248 e. The van der Waals surface area contributed by atoms with E-state index in [0.29, 0.717) is 34.2 Å². The number of benzene rings is 2. The Morgan fingerprint density at radius 1 is 1.11 bits per heavy atom. The number of nitrogens with one attached hydrogen (secondary N) is 2. The molecule has 202 valence electrons. The number of hydrogen-bond acceptors (Lipinski definition) is 6. The van der Waals surface area contributed by atoms with Crippen molar-refractivity contribution in [1.82, 2.24) is 10.5 Å². The predicted octanol–water partition coefficient (Wildman–Crippen LogP) is 5.44. The fraction of sp³-hybridized carbons (Fsp3) is 0.357. The molecule has 1 aromatic heterocycles. The standard InChI is InChI=1S/C28H33ClN4O5/c1-6-28(3,4)31-27(36)26(21-9-7-8-10-22(21)29)33(19-11-13-20(37-5)14-12-19)25(35)16-15-24(34)30-23-17-18(2)38-32-23/h7-14,17,26H,6,15-16H2,1-5H3,(H,31,36)(H,30,32,34)/t26-/m0/s1. The highest BCUT2D eigenvalue weighted by Crippen LogP contribution is 2.34. The third-order valence-electron chi connectivity index (χ3n) is 6.13. The van der Waals surface area contributed by atoms with Crippen molar-refractivity contribution in [2.45, 2.75) is 58.5 Å². The Balaban J connectivity index is 1.98. The van der Waals surface area contributed by atoms with E-state index in [0.717, 1.165) is 0 Å². The Morgan fingerprint density at radius 2 is 1.79 bits per heavy atom. The minimum Gasteiger partial charge on any atom is -0.497 e. The molecule has 0 saturated heterocycles. The average Bonchev–Trinajstić information content (AvgIpc) is 3.30. The van der Waals surface area contributed by atoms with E-state index >= 15 is 0 Å². The molecule has 9 nitrogen and oxygen atoms in total. The van der Waals surface area contributed by atoms with Crippen LogP contribution in [0.4, 0.5) is 11.5 Å². The fourth-order valence-electron chi connectivity index (χ4n) is 3.74. The SMILES string of the molecule is CCC(C)(C)NC(=O)[C@H](c1ccccc1Cl)N(C(=O)CCC(=O)Nc1cc(C)on1)c1ccc(OC)cc1. The molecule has 1 heterocycles. The molecule has 0 bridgehead atoms. The number of amides is 3. The van der Waals surface area contributed by atoms with E-state index < -0.39 is 29.3 Å². The molecule has 3 aromatic rings. The Bertz CT molecular complexity index is 1270. The Hall–Kier alpha value is -3.85. The van der Waals surface area contributed by atoms with E-state index in [1.165, 1.54) is 4.90 Å². The van der Waals surface area contributed by atoms with Gasteiger partial charge in [-0.05, 0) is 57.5 Å². The van der Waals surface area contributed by atoms with Gasteiger partial charge in [0.25, 0.3) is 0 Å². The second kappa shape index (κ2) is 12.6. The zero-order valence-electron chi connectivity index (χ0n) is 22.2. The lowest BCUT2D eigenvalue weighted by Crippen LogP contribution is -2.50. The van der Waals surface area contributed by atoms with Crippen molar-refractivity contribution in [2.24, 2.45) is 0 Å². The summed E-state index contributed by atoms with van der Waals surface area (Å²) < 4.78 is 10.2. The van der Waals surface area contributed by atoms with Gasteiger partial charge in [-0.2, -0.15) is 0 Å². The van der Waals surface area contributed by atoms with Gasteiger partial charge in [0.05, 0.1) is 7.11 Å². The number of halogens is 1. The van der Waals surface area contributed by atoms with Crippen LogP contribution in [0.3, 0.4) is 0 Å². The highest BCUT2D eigenvalue weighted by molar-refractivity contribution is 6.31. The molecular weight excluding hydrogens is 508 g/mol. The molecule has 0 spiro atoms. The van der Waals surface area contributed by atoms with E-state index in [1.54, 1.807) is 68.6 Å². The molecule has 3 amide bonds. The Kier molecular flexibility index (Phi) is 9.52. The number of aryl methyl sites for hydroxylation is 1. The summed E-state index contributed by atoms with van der Waals surface area (Å²) in [6.07, 6.45) is 0.376. The van der Waals surface area contributed by atoms with Crippen LogP contribution in [0.5, 0.6) is 5.75 Å². The maximum absolute atomic E-state index is 13.8. The third kappa shape index (κ3) is 7.35. The minimum absolute atomic E-state index is 0.130. The second-order valence-corrected chi connectivity index (χ2v) is 9.89. The van der Waals surface area contributed by atoms with Crippen LogP contribution >= 0.6 is 11.6 Å². The first-order valence-corrected chi connectivity index (χ1v) is 12.7. The highest BCUT2D eigenvalue weighted by Gasteiger charge is 2.36. The van der Waals surface area contributed by atoms with Crippen LogP contribution in [0, 0.1) is 6.92 Å². The molecule has 0 radical (unpaired) electrons. The third-order valence-corrected chi connectivity index (χ3v) is 6.48. The van der Waals surface area contributed by atoms with Crippen LogP contribution in [0.25, 0.3) is 0 Å². The van der Waals surface area contributed by atoms with Gasteiger partial charge in [-0.1, -0.05) is 41.9 Å². The smallest absolute Gasteiger partial charge is 0.248 e. The number of hydrogen-bond donors (Lipinski definition) is 2. The van der Waals surface area contributed by atoms with Crippen molar-refractivity contribution in [2.75, 3.05) is 17.3 Å². The Morgan fingerprint density at radius 3 is 2.37 bits per heavy atom. The van der Waals surface area contributed by atoms with Crippen molar-refractivity contribution in [3.05, 3.63) is 70.9 Å². The molecule has 1 atom stereocenters. The van der Waals surface area contributed by atoms with Gasteiger partial charge in [0.15, 0.2) is 5.82 Å². The summed E-state index contributed by atoms with van der Waals surface area (Å²) in [5.41, 5.74) is 0.392. The molecule has 0 aliphatic heterocycles. The summed E-state index contributed by atoms with van der Waals surface area (Å²) >= 11 is 6.55. The summed E-state index contributed by atoms with van der Waals surface area (Å²) in [4.78, 5) is 41.5. The number of aromatic nitrogens is 1. The topological polar surface area (TPSA) is 114 Å². The largest absolute Gasteiger partial charge is 0.497 e. The monoisotopic (exact) mass is 540 g/mol. The number of carbonyl (C=O) groups is 3. The molecule has 2 N–H and O–H groups in total. The first kappa shape index (κ1) is 28.7. The van der Waals surface area contributed by atoms with Gasteiger partial charge in [-0.3, -0.25) is 19.3 Å².